The van der Waals surface area contributed by atoms with E-state index in [1.165, 1.54) is 0 Å². The van der Waals surface area contributed by atoms with E-state index in [-0.39, 0.29) is 12.4 Å². The molecule has 1 saturated heterocycles. The number of aromatic hydroxyl groups is 1. The maximum Gasteiger partial charge on any atom is 0.322 e. The maximum absolute atomic E-state index is 13.2. The fraction of sp³-hybridized carbons (Fsp3) is 0.179. The van der Waals surface area contributed by atoms with Gasteiger partial charge in [0.1, 0.15) is 5.75 Å². The van der Waals surface area contributed by atoms with Crippen molar-refractivity contribution in [2.75, 3.05) is 7.11 Å². The Bertz CT molecular complexity index is 1720. The van der Waals surface area contributed by atoms with Gasteiger partial charge in [0.05, 0.1) is 19.2 Å². The van der Waals surface area contributed by atoms with Gasteiger partial charge < -0.3 is 19.7 Å². The van der Waals surface area contributed by atoms with Gasteiger partial charge in [-0.3, -0.25) is 14.8 Å². The number of imide groups is 1. The number of benzene rings is 3. The number of ether oxygens (including phenoxy) is 1. The van der Waals surface area contributed by atoms with Gasteiger partial charge in [0.15, 0.2) is 11.4 Å². The summed E-state index contributed by atoms with van der Waals surface area (Å²) in [4.78, 5) is 25.4. The molecule has 5 aromatic rings. The normalized spacial score (nSPS) is 17.4. The lowest BCUT2D eigenvalue weighted by molar-refractivity contribution is -0.124. The number of rotatable bonds is 5. The molecule has 1 aliphatic rings. The van der Waals surface area contributed by atoms with E-state index in [0.717, 1.165) is 33.1 Å². The van der Waals surface area contributed by atoms with Crippen molar-refractivity contribution in [2.45, 2.75) is 19.0 Å². The van der Waals surface area contributed by atoms with E-state index >= 15 is 0 Å². The molecule has 3 heterocycles. The van der Waals surface area contributed by atoms with Crippen LogP contribution >= 0.6 is 0 Å². The van der Waals surface area contributed by atoms with Gasteiger partial charge in [0, 0.05) is 35.1 Å². The number of nitrogens with one attached hydrogen (secondary N) is 2. The van der Waals surface area contributed by atoms with E-state index in [1.807, 2.05) is 61.1 Å². The molecule has 3 amide bonds. The minimum Gasteiger partial charge on any atom is -0.497 e. The van der Waals surface area contributed by atoms with Crippen molar-refractivity contribution in [3.63, 3.8) is 0 Å². The highest BCUT2D eigenvalue weighted by Crippen LogP contribution is 2.36. The first-order valence-corrected chi connectivity index (χ1v) is 11.8. The van der Waals surface area contributed by atoms with E-state index in [9.17, 15) is 14.7 Å². The SMILES string of the molecule is COc1ccc2cn(C[C@@]3(c4ccc(-c5ccc6nn(C)c(C)c6c5)cc4)NC(=O)NC3=O)c(O)c2c1. The molecule has 186 valence electrons. The van der Waals surface area contributed by atoms with Gasteiger partial charge in [0.25, 0.3) is 5.91 Å². The molecule has 3 N–H and O–H groups in total. The number of aryl methyl sites for hydroxylation is 2. The molecular formula is C28H25N5O4. The van der Waals surface area contributed by atoms with Crippen LogP contribution in [-0.2, 0) is 23.9 Å². The number of methoxy groups -OCH3 is 1. The summed E-state index contributed by atoms with van der Waals surface area (Å²) < 4.78 is 8.70. The second-order valence-corrected chi connectivity index (χ2v) is 9.37. The average molecular weight is 496 g/mol. The number of hydrogen-bond acceptors (Lipinski definition) is 5. The van der Waals surface area contributed by atoms with E-state index in [4.69, 9.17) is 4.74 Å². The minimum absolute atomic E-state index is 0.00753. The first kappa shape index (κ1) is 22.7. The molecule has 0 bridgehead atoms. The molecule has 9 nitrogen and oxygen atoms in total. The number of hydrogen-bond donors (Lipinski definition) is 3. The monoisotopic (exact) mass is 495 g/mol. The number of amides is 3. The van der Waals surface area contributed by atoms with Crippen molar-refractivity contribution in [3.8, 4) is 22.8 Å². The molecule has 1 aliphatic heterocycles. The fourth-order valence-corrected chi connectivity index (χ4v) is 5.08. The second kappa shape index (κ2) is 8.12. The third-order valence-corrected chi connectivity index (χ3v) is 7.26. The zero-order valence-corrected chi connectivity index (χ0v) is 20.6. The lowest BCUT2D eigenvalue weighted by atomic mass is 9.88. The van der Waals surface area contributed by atoms with E-state index in [2.05, 4.69) is 21.8 Å². The van der Waals surface area contributed by atoms with Gasteiger partial charge in [-0.2, -0.15) is 5.10 Å². The lowest BCUT2D eigenvalue weighted by Crippen LogP contribution is -2.47. The van der Waals surface area contributed by atoms with E-state index in [0.29, 0.717) is 16.7 Å². The summed E-state index contributed by atoms with van der Waals surface area (Å²) in [6, 6.07) is 18.4. The minimum atomic E-state index is -1.39. The second-order valence-electron chi connectivity index (χ2n) is 9.37. The lowest BCUT2D eigenvalue weighted by Gasteiger charge is -2.27. The standard InChI is InChI=1S/C28H25N5O4/c1-16-22-12-18(7-11-24(22)31-32(16)2)17-4-8-20(9-5-17)28(26(35)29-27(36)30-28)15-33-14-19-6-10-21(37-3)13-23(19)25(33)34/h4-14,34H,15H2,1-3H3,(H2,29,30,35,36)/t28-/m0/s1. The molecule has 1 fully saturated rings. The van der Waals surface area contributed by atoms with Crippen LogP contribution in [-0.4, -0.2) is 38.5 Å². The van der Waals surface area contributed by atoms with Crippen LogP contribution < -0.4 is 15.4 Å². The summed E-state index contributed by atoms with van der Waals surface area (Å²) in [6.07, 6.45) is 1.75. The highest BCUT2D eigenvalue weighted by atomic mass is 16.5. The number of fused-ring (bicyclic) bond motifs is 2. The molecule has 0 unspecified atom stereocenters. The van der Waals surface area contributed by atoms with Crippen LogP contribution in [0.4, 0.5) is 4.79 Å². The van der Waals surface area contributed by atoms with Crippen LogP contribution in [0.5, 0.6) is 11.6 Å². The van der Waals surface area contributed by atoms with Gasteiger partial charge >= 0.3 is 6.03 Å². The number of carbonyl (C=O) groups excluding carboxylic acids is 2. The molecule has 37 heavy (non-hydrogen) atoms. The third kappa shape index (κ3) is 3.50. The quantitative estimate of drug-likeness (QED) is 0.320. The summed E-state index contributed by atoms with van der Waals surface area (Å²) in [5.41, 5.74) is 3.21. The Morgan fingerprint density at radius 2 is 1.76 bits per heavy atom. The Hall–Kier alpha value is -4.79. The van der Waals surface area contributed by atoms with Crippen LogP contribution in [0.3, 0.4) is 0 Å². The zero-order valence-electron chi connectivity index (χ0n) is 20.6. The molecule has 3 aromatic carbocycles. The molecular weight excluding hydrogens is 470 g/mol. The third-order valence-electron chi connectivity index (χ3n) is 7.26. The Morgan fingerprint density at radius 3 is 2.46 bits per heavy atom. The van der Waals surface area contributed by atoms with Crippen molar-refractivity contribution >= 4 is 33.6 Å². The van der Waals surface area contributed by atoms with Gasteiger partial charge in [-0.25, -0.2) is 4.79 Å². The fourth-order valence-electron chi connectivity index (χ4n) is 5.08. The molecule has 0 saturated carbocycles. The van der Waals surface area contributed by atoms with Crippen molar-refractivity contribution in [2.24, 2.45) is 7.05 Å². The molecule has 1 atom stereocenters. The van der Waals surface area contributed by atoms with E-state index < -0.39 is 17.5 Å². The van der Waals surface area contributed by atoms with Crippen molar-refractivity contribution in [1.29, 1.82) is 0 Å². The molecule has 0 spiro atoms. The highest BCUT2D eigenvalue weighted by molar-refractivity contribution is 6.07. The van der Waals surface area contributed by atoms with Gasteiger partial charge in [-0.15, -0.1) is 0 Å². The van der Waals surface area contributed by atoms with Crippen LogP contribution in [0.1, 0.15) is 11.3 Å². The first-order chi connectivity index (χ1) is 17.8. The first-order valence-electron chi connectivity index (χ1n) is 11.8. The zero-order chi connectivity index (χ0) is 25.9. The number of aromatic nitrogens is 3. The topological polar surface area (TPSA) is 110 Å². The largest absolute Gasteiger partial charge is 0.497 e. The summed E-state index contributed by atoms with van der Waals surface area (Å²) in [7, 11) is 3.48. The number of carbonyl (C=O) groups is 2. The maximum atomic E-state index is 13.2. The van der Waals surface area contributed by atoms with Crippen LogP contribution in [0.25, 0.3) is 32.8 Å². The van der Waals surface area contributed by atoms with Crippen molar-refractivity contribution in [3.05, 3.63) is 78.1 Å². The van der Waals surface area contributed by atoms with Crippen molar-refractivity contribution in [1.82, 2.24) is 25.0 Å². The predicted molar refractivity (Wildman–Crippen MR) is 139 cm³/mol. The molecule has 6 rings (SSSR count). The van der Waals surface area contributed by atoms with Gasteiger partial charge in [-0.05, 0) is 53.9 Å². The number of nitrogens with zero attached hydrogens (tertiary/aromatic N) is 3. The summed E-state index contributed by atoms with van der Waals surface area (Å²) in [5, 5.41) is 23.1. The van der Waals surface area contributed by atoms with Crippen LogP contribution in [0, 0.1) is 6.92 Å². The van der Waals surface area contributed by atoms with Crippen molar-refractivity contribution < 1.29 is 19.4 Å². The highest BCUT2D eigenvalue weighted by Gasteiger charge is 2.48. The average Bonchev–Trinajstić information content (AvgIpc) is 3.48. The van der Waals surface area contributed by atoms with E-state index in [1.54, 1.807) is 30.0 Å². The van der Waals surface area contributed by atoms with Crippen LogP contribution in [0.2, 0.25) is 0 Å². The van der Waals surface area contributed by atoms with Gasteiger partial charge in [0.2, 0.25) is 0 Å². The molecule has 2 aromatic heterocycles. The predicted octanol–water partition coefficient (Wildman–Crippen LogP) is 3.95. The Kier molecular flexibility index (Phi) is 4.98. The summed E-state index contributed by atoms with van der Waals surface area (Å²) >= 11 is 0. The summed E-state index contributed by atoms with van der Waals surface area (Å²) in [6.45, 7) is 2.04. The Labute approximate surface area is 212 Å². The van der Waals surface area contributed by atoms with Crippen LogP contribution in [0.15, 0.2) is 66.9 Å². The summed E-state index contributed by atoms with van der Waals surface area (Å²) in [5.74, 6) is 0.115. The molecule has 0 aliphatic carbocycles. The molecule has 9 heteroatoms. The van der Waals surface area contributed by atoms with Gasteiger partial charge in [-0.1, -0.05) is 30.3 Å². The smallest absolute Gasteiger partial charge is 0.322 e. The Balaban J connectivity index is 1.39. The number of urea groups is 1. The Morgan fingerprint density at radius 1 is 1.00 bits per heavy atom. The molecule has 0 radical (unpaired) electrons.